The van der Waals surface area contributed by atoms with E-state index in [-0.39, 0.29) is 18.0 Å². The second kappa shape index (κ2) is 5.79. The van der Waals surface area contributed by atoms with E-state index < -0.39 is 10.0 Å². The number of hydrogen-bond donors (Lipinski definition) is 2. The molecule has 7 heteroatoms. The summed E-state index contributed by atoms with van der Waals surface area (Å²) in [5.41, 5.74) is 0.678. The van der Waals surface area contributed by atoms with Crippen LogP contribution in [0.1, 0.15) is 15.4 Å². The Balaban J connectivity index is 2.09. The monoisotopic (exact) mass is 298 g/mol. The Morgan fingerprint density at radius 2 is 2.00 bits per heavy atom. The van der Waals surface area contributed by atoms with Gasteiger partial charge in [0.05, 0.1) is 16.5 Å². The van der Waals surface area contributed by atoms with E-state index >= 15 is 0 Å². The number of nitrogens with zero attached hydrogens (tertiary/aromatic N) is 1. The largest absolute Gasteiger partial charge is 0.392 e. The zero-order chi connectivity index (χ0) is 13.9. The van der Waals surface area contributed by atoms with Crippen LogP contribution in [0.5, 0.6) is 0 Å². The van der Waals surface area contributed by atoms with E-state index in [0.717, 1.165) is 9.88 Å². The van der Waals surface area contributed by atoms with Crippen LogP contribution in [0.25, 0.3) is 0 Å². The average Bonchev–Trinajstić information content (AvgIpc) is 2.82. The summed E-state index contributed by atoms with van der Waals surface area (Å²) < 4.78 is 26.6. The van der Waals surface area contributed by atoms with Gasteiger partial charge in [-0.25, -0.2) is 18.1 Å². The first-order valence-electron chi connectivity index (χ1n) is 5.62. The molecule has 0 spiro atoms. The minimum Gasteiger partial charge on any atom is -0.392 e. The van der Waals surface area contributed by atoms with Crippen molar-refractivity contribution in [2.45, 2.75) is 25.0 Å². The topological polar surface area (TPSA) is 79.3 Å². The maximum absolute atomic E-state index is 12.0. The lowest BCUT2D eigenvalue weighted by Crippen LogP contribution is -2.22. The third-order valence-corrected chi connectivity index (χ3v) is 4.85. The van der Waals surface area contributed by atoms with Crippen LogP contribution in [0, 0.1) is 6.92 Å². The number of thiazole rings is 1. The summed E-state index contributed by atoms with van der Waals surface area (Å²) in [4.78, 5) is 5.12. The second-order valence-corrected chi connectivity index (χ2v) is 7.06. The van der Waals surface area contributed by atoms with Crippen molar-refractivity contribution >= 4 is 21.4 Å². The molecule has 1 aromatic heterocycles. The molecule has 2 rings (SSSR count). The fourth-order valence-corrected chi connectivity index (χ4v) is 3.34. The van der Waals surface area contributed by atoms with E-state index in [1.54, 1.807) is 18.3 Å². The molecular formula is C12H14N2O3S2. The molecule has 0 amide bonds. The van der Waals surface area contributed by atoms with E-state index in [2.05, 4.69) is 9.71 Å². The SMILES string of the molecule is Cc1ncc(CNS(=O)(=O)c2ccc(CO)cc2)s1. The summed E-state index contributed by atoms with van der Waals surface area (Å²) in [5.74, 6) is 0. The Bertz CT molecular complexity index is 648. The third kappa shape index (κ3) is 3.60. The molecule has 0 aliphatic heterocycles. The van der Waals surface area contributed by atoms with Crippen LogP contribution in [0.15, 0.2) is 35.4 Å². The van der Waals surface area contributed by atoms with Crippen LogP contribution in [0.2, 0.25) is 0 Å². The Hall–Kier alpha value is -1.28. The molecule has 1 heterocycles. The lowest BCUT2D eigenvalue weighted by Gasteiger charge is -2.06. The van der Waals surface area contributed by atoms with E-state index in [1.807, 2.05) is 6.92 Å². The van der Waals surface area contributed by atoms with Crippen LogP contribution >= 0.6 is 11.3 Å². The number of aliphatic hydroxyl groups excluding tert-OH is 1. The van der Waals surface area contributed by atoms with Crippen molar-refractivity contribution in [2.75, 3.05) is 0 Å². The molecule has 0 bridgehead atoms. The van der Waals surface area contributed by atoms with Gasteiger partial charge in [-0.05, 0) is 24.6 Å². The van der Waals surface area contributed by atoms with Gasteiger partial charge in [-0.15, -0.1) is 11.3 Å². The number of sulfonamides is 1. The van der Waals surface area contributed by atoms with Gasteiger partial charge in [-0.1, -0.05) is 12.1 Å². The van der Waals surface area contributed by atoms with Gasteiger partial charge in [0.25, 0.3) is 0 Å². The summed E-state index contributed by atoms with van der Waals surface area (Å²) in [6, 6.07) is 6.13. The lowest BCUT2D eigenvalue weighted by molar-refractivity contribution is 0.282. The molecule has 0 aliphatic rings. The number of hydrogen-bond acceptors (Lipinski definition) is 5. The summed E-state index contributed by atoms with van der Waals surface area (Å²) in [7, 11) is -3.53. The van der Waals surface area contributed by atoms with E-state index in [0.29, 0.717) is 5.56 Å². The standard InChI is InChI=1S/C12H14N2O3S2/c1-9-13-6-11(18-9)7-14-19(16,17)12-4-2-10(8-15)3-5-12/h2-6,14-15H,7-8H2,1H3. The number of aromatic nitrogens is 1. The van der Waals surface area contributed by atoms with Crippen LogP contribution < -0.4 is 4.72 Å². The second-order valence-electron chi connectivity index (χ2n) is 3.97. The summed E-state index contributed by atoms with van der Waals surface area (Å²) in [6.45, 7) is 2.00. The molecular weight excluding hydrogens is 284 g/mol. The lowest BCUT2D eigenvalue weighted by atomic mass is 10.2. The summed E-state index contributed by atoms with van der Waals surface area (Å²) in [6.07, 6.45) is 1.66. The van der Waals surface area contributed by atoms with Gasteiger partial charge in [-0.3, -0.25) is 0 Å². The molecule has 0 saturated heterocycles. The normalized spacial score (nSPS) is 11.7. The first-order chi connectivity index (χ1) is 9.01. The molecule has 2 N–H and O–H groups in total. The van der Waals surface area contributed by atoms with E-state index in [1.165, 1.54) is 23.5 Å². The van der Waals surface area contributed by atoms with E-state index in [9.17, 15) is 8.42 Å². The smallest absolute Gasteiger partial charge is 0.240 e. The highest BCUT2D eigenvalue weighted by atomic mass is 32.2. The summed E-state index contributed by atoms with van der Waals surface area (Å²) >= 11 is 1.46. The van der Waals surface area contributed by atoms with Gasteiger partial charge < -0.3 is 5.11 Å². The van der Waals surface area contributed by atoms with Crippen LogP contribution in [-0.2, 0) is 23.2 Å². The Morgan fingerprint density at radius 1 is 1.32 bits per heavy atom. The highest BCUT2D eigenvalue weighted by Gasteiger charge is 2.13. The van der Waals surface area contributed by atoms with Crippen molar-refractivity contribution in [1.82, 2.24) is 9.71 Å². The quantitative estimate of drug-likeness (QED) is 0.875. The third-order valence-electron chi connectivity index (χ3n) is 2.52. The Labute approximate surface area is 116 Å². The molecule has 0 atom stereocenters. The van der Waals surface area contributed by atoms with Gasteiger partial charge in [0, 0.05) is 17.6 Å². The van der Waals surface area contributed by atoms with Gasteiger partial charge in [-0.2, -0.15) is 0 Å². The molecule has 0 saturated carbocycles. The number of aliphatic hydroxyl groups is 1. The van der Waals surface area contributed by atoms with Crippen LogP contribution in [0.3, 0.4) is 0 Å². The highest BCUT2D eigenvalue weighted by Crippen LogP contribution is 2.14. The number of nitrogens with one attached hydrogen (secondary N) is 1. The molecule has 5 nitrogen and oxygen atoms in total. The number of rotatable bonds is 5. The minimum atomic E-state index is -3.53. The van der Waals surface area contributed by atoms with Crippen molar-refractivity contribution in [1.29, 1.82) is 0 Å². The molecule has 102 valence electrons. The maximum atomic E-state index is 12.0. The molecule has 0 radical (unpaired) electrons. The molecule has 19 heavy (non-hydrogen) atoms. The molecule has 2 aromatic rings. The van der Waals surface area contributed by atoms with Gasteiger partial charge in [0.1, 0.15) is 0 Å². The number of aryl methyl sites for hydroxylation is 1. The van der Waals surface area contributed by atoms with Crippen molar-refractivity contribution in [2.24, 2.45) is 0 Å². The van der Waals surface area contributed by atoms with E-state index in [4.69, 9.17) is 5.11 Å². The molecule has 0 fully saturated rings. The Morgan fingerprint density at radius 3 is 2.53 bits per heavy atom. The maximum Gasteiger partial charge on any atom is 0.240 e. The highest BCUT2D eigenvalue weighted by molar-refractivity contribution is 7.89. The van der Waals surface area contributed by atoms with Crippen LogP contribution in [0.4, 0.5) is 0 Å². The van der Waals surface area contributed by atoms with Crippen molar-refractivity contribution < 1.29 is 13.5 Å². The predicted octanol–water partition coefficient (Wildman–Crippen LogP) is 1.42. The zero-order valence-electron chi connectivity index (χ0n) is 10.3. The molecule has 0 unspecified atom stereocenters. The van der Waals surface area contributed by atoms with Crippen molar-refractivity contribution in [3.8, 4) is 0 Å². The average molecular weight is 298 g/mol. The zero-order valence-corrected chi connectivity index (χ0v) is 12.0. The van der Waals surface area contributed by atoms with Gasteiger partial charge in [0.2, 0.25) is 10.0 Å². The Kier molecular flexibility index (Phi) is 4.31. The number of benzene rings is 1. The summed E-state index contributed by atoms with van der Waals surface area (Å²) in [5, 5.41) is 9.82. The first-order valence-corrected chi connectivity index (χ1v) is 7.92. The fourth-order valence-electron chi connectivity index (χ4n) is 1.51. The van der Waals surface area contributed by atoms with Crippen molar-refractivity contribution in [3.63, 3.8) is 0 Å². The first kappa shape index (κ1) is 14.1. The molecule has 0 aliphatic carbocycles. The predicted molar refractivity (Wildman–Crippen MR) is 73.2 cm³/mol. The van der Waals surface area contributed by atoms with Gasteiger partial charge in [0.15, 0.2) is 0 Å². The fraction of sp³-hybridized carbons (Fsp3) is 0.250. The van der Waals surface area contributed by atoms with Gasteiger partial charge >= 0.3 is 0 Å². The minimum absolute atomic E-state index is 0.103. The molecule has 1 aromatic carbocycles. The van der Waals surface area contributed by atoms with Crippen LogP contribution in [-0.4, -0.2) is 18.5 Å². The van der Waals surface area contributed by atoms with Crippen molar-refractivity contribution in [3.05, 3.63) is 45.9 Å².